The highest BCUT2D eigenvalue weighted by molar-refractivity contribution is 5.92. The highest BCUT2D eigenvalue weighted by Crippen LogP contribution is 2.34. The molecule has 3 heterocycles. The zero-order valence-electron chi connectivity index (χ0n) is 14.7. The van der Waals surface area contributed by atoms with Crippen molar-refractivity contribution < 1.29 is 4.79 Å². The van der Waals surface area contributed by atoms with E-state index in [1.807, 2.05) is 17.0 Å². The van der Waals surface area contributed by atoms with Gasteiger partial charge in [0.1, 0.15) is 5.69 Å². The number of carbonyl (C=O) groups is 1. The zero-order valence-corrected chi connectivity index (χ0v) is 14.7. The molecule has 3 aromatic rings. The fourth-order valence-corrected chi connectivity index (χ4v) is 3.89. The molecule has 1 fully saturated rings. The van der Waals surface area contributed by atoms with E-state index in [0.717, 1.165) is 25.9 Å². The number of aryl methyl sites for hydroxylation is 2. The molecule has 0 atom stereocenters. The molecular formula is C21H23N3O. The van der Waals surface area contributed by atoms with Crippen LogP contribution in [0, 0.1) is 13.8 Å². The van der Waals surface area contributed by atoms with E-state index in [9.17, 15) is 4.79 Å². The lowest BCUT2D eigenvalue weighted by atomic mass is 9.91. The first kappa shape index (κ1) is 15.9. The Morgan fingerprint density at radius 1 is 1.16 bits per heavy atom. The van der Waals surface area contributed by atoms with E-state index >= 15 is 0 Å². The van der Waals surface area contributed by atoms with Gasteiger partial charge in [0.2, 0.25) is 0 Å². The van der Waals surface area contributed by atoms with Crippen LogP contribution in [0.3, 0.4) is 0 Å². The summed E-state index contributed by atoms with van der Waals surface area (Å²) in [7, 11) is 0. The Balaban J connectivity index is 1.51. The number of amides is 1. The summed E-state index contributed by atoms with van der Waals surface area (Å²) in [5.74, 6) is 0.531. The molecule has 128 valence electrons. The molecule has 1 N–H and O–H groups in total. The molecule has 0 unspecified atom stereocenters. The first-order valence-electron chi connectivity index (χ1n) is 8.92. The van der Waals surface area contributed by atoms with Crippen LogP contribution in [-0.2, 0) is 0 Å². The molecular weight excluding hydrogens is 310 g/mol. The van der Waals surface area contributed by atoms with E-state index in [2.05, 4.69) is 42.0 Å². The number of aromatic nitrogens is 2. The van der Waals surface area contributed by atoms with Crippen LogP contribution in [0.2, 0.25) is 0 Å². The van der Waals surface area contributed by atoms with E-state index in [0.29, 0.717) is 11.6 Å². The molecule has 0 radical (unpaired) electrons. The summed E-state index contributed by atoms with van der Waals surface area (Å²) in [5, 5.41) is 1.32. The number of rotatable bonds is 2. The SMILES string of the molecule is Cc1ccc2[nH]c(C3CCN(C(=O)c4ccccn4)CC3)c(C)c2c1. The van der Waals surface area contributed by atoms with Gasteiger partial charge in [0.25, 0.3) is 5.91 Å². The number of piperidine rings is 1. The Labute approximate surface area is 147 Å². The average Bonchev–Trinajstić information content (AvgIpc) is 2.98. The van der Waals surface area contributed by atoms with Crippen LogP contribution in [0.15, 0.2) is 42.6 Å². The fraction of sp³-hybridized carbons (Fsp3) is 0.333. The summed E-state index contributed by atoms with van der Waals surface area (Å²) in [4.78, 5) is 22.3. The molecule has 0 spiro atoms. The van der Waals surface area contributed by atoms with Crippen LogP contribution in [-0.4, -0.2) is 33.9 Å². The minimum absolute atomic E-state index is 0.0445. The van der Waals surface area contributed by atoms with Crippen molar-refractivity contribution in [2.45, 2.75) is 32.6 Å². The van der Waals surface area contributed by atoms with Crippen LogP contribution in [0.4, 0.5) is 0 Å². The van der Waals surface area contributed by atoms with E-state index in [-0.39, 0.29) is 5.91 Å². The fourth-order valence-electron chi connectivity index (χ4n) is 3.89. The molecule has 1 aliphatic heterocycles. The molecule has 2 aromatic heterocycles. The molecule has 1 aromatic carbocycles. The normalized spacial score (nSPS) is 15.7. The van der Waals surface area contributed by atoms with Crippen molar-refractivity contribution in [2.75, 3.05) is 13.1 Å². The summed E-state index contributed by atoms with van der Waals surface area (Å²) in [6, 6.07) is 12.1. The number of nitrogens with zero attached hydrogens (tertiary/aromatic N) is 2. The average molecular weight is 333 g/mol. The molecule has 1 aliphatic rings. The number of pyridine rings is 1. The maximum Gasteiger partial charge on any atom is 0.272 e. The minimum Gasteiger partial charge on any atom is -0.358 e. The third kappa shape index (κ3) is 2.93. The Hall–Kier alpha value is -2.62. The van der Waals surface area contributed by atoms with Crippen LogP contribution >= 0.6 is 0 Å². The lowest BCUT2D eigenvalue weighted by Gasteiger charge is -2.31. The summed E-state index contributed by atoms with van der Waals surface area (Å²) in [6.07, 6.45) is 3.66. The Morgan fingerprint density at radius 3 is 2.68 bits per heavy atom. The molecule has 4 heteroatoms. The van der Waals surface area contributed by atoms with Crippen molar-refractivity contribution in [2.24, 2.45) is 0 Å². The number of hydrogen-bond acceptors (Lipinski definition) is 2. The molecule has 4 rings (SSSR count). The predicted octanol–water partition coefficient (Wildman–Crippen LogP) is 4.20. The lowest BCUT2D eigenvalue weighted by Crippen LogP contribution is -2.38. The van der Waals surface area contributed by atoms with Crippen molar-refractivity contribution in [1.29, 1.82) is 0 Å². The molecule has 1 amide bonds. The summed E-state index contributed by atoms with van der Waals surface area (Å²) < 4.78 is 0. The predicted molar refractivity (Wildman–Crippen MR) is 99.9 cm³/mol. The second-order valence-electron chi connectivity index (χ2n) is 6.99. The zero-order chi connectivity index (χ0) is 17.4. The number of likely N-dealkylation sites (tertiary alicyclic amines) is 1. The van der Waals surface area contributed by atoms with Gasteiger partial charge in [-0.15, -0.1) is 0 Å². The number of benzene rings is 1. The second-order valence-corrected chi connectivity index (χ2v) is 6.99. The van der Waals surface area contributed by atoms with E-state index < -0.39 is 0 Å². The largest absolute Gasteiger partial charge is 0.358 e. The third-order valence-corrected chi connectivity index (χ3v) is 5.33. The van der Waals surface area contributed by atoms with E-state index in [1.165, 1.54) is 27.7 Å². The molecule has 0 aliphatic carbocycles. The minimum atomic E-state index is 0.0445. The van der Waals surface area contributed by atoms with Gasteiger partial charge in [0.15, 0.2) is 0 Å². The first-order chi connectivity index (χ1) is 12.1. The van der Waals surface area contributed by atoms with Gasteiger partial charge in [-0.2, -0.15) is 0 Å². The smallest absolute Gasteiger partial charge is 0.272 e. The molecule has 0 saturated carbocycles. The number of hydrogen-bond donors (Lipinski definition) is 1. The van der Waals surface area contributed by atoms with Crippen molar-refractivity contribution in [3.05, 3.63) is 65.1 Å². The van der Waals surface area contributed by atoms with Gasteiger partial charge >= 0.3 is 0 Å². The summed E-state index contributed by atoms with van der Waals surface area (Å²) in [6.45, 7) is 5.91. The highest BCUT2D eigenvalue weighted by atomic mass is 16.2. The Morgan fingerprint density at radius 2 is 1.96 bits per heavy atom. The van der Waals surface area contributed by atoms with Gasteiger partial charge < -0.3 is 9.88 Å². The monoisotopic (exact) mass is 333 g/mol. The van der Waals surface area contributed by atoms with Gasteiger partial charge in [-0.25, -0.2) is 0 Å². The van der Waals surface area contributed by atoms with Gasteiger partial charge in [-0.1, -0.05) is 17.7 Å². The van der Waals surface area contributed by atoms with Crippen molar-refractivity contribution in [3.63, 3.8) is 0 Å². The maximum atomic E-state index is 12.5. The number of carbonyl (C=O) groups excluding carboxylic acids is 1. The molecule has 25 heavy (non-hydrogen) atoms. The molecule has 1 saturated heterocycles. The van der Waals surface area contributed by atoms with Gasteiger partial charge in [-0.3, -0.25) is 9.78 Å². The van der Waals surface area contributed by atoms with Crippen LogP contribution in [0.5, 0.6) is 0 Å². The number of H-pyrrole nitrogens is 1. The van der Waals surface area contributed by atoms with Crippen LogP contribution in [0.25, 0.3) is 10.9 Å². The Bertz CT molecular complexity index is 906. The van der Waals surface area contributed by atoms with E-state index in [1.54, 1.807) is 12.3 Å². The number of nitrogens with one attached hydrogen (secondary N) is 1. The summed E-state index contributed by atoms with van der Waals surface area (Å²) in [5.41, 5.74) is 5.74. The van der Waals surface area contributed by atoms with Gasteiger partial charge in [0.05, 0.1) is 0 Å². The standard InChI is InChI=1S/C21H23N3O/c1-14-6-7-18-17(13-14)15(2)20(23-18)16-8-11-24(12-9-16)21(25)19-5-3-4-10-22-19/h3-7,10,13,16,23H,8-9,11-12H2,1-2H3. The number of aromatic amines is 1. The molecule has 0 bridgehead atoms. The van der Waals surface area contributed by atoms with Crippen molar-refractivity contribution in [1.82, 2.24) is 14.9 Å². The second kappa shape index (κ2) is 6.36. The highest BCUT2D eigenvalue weighted by Gasteiger charge is 2.27. The first-order valence-corrected chi connectivity index (χ1v) is 8.92. The van der Waals surface area contributed by atoms with Crippen molar-refractivity contribution >= 4 is 16.8 Å². The van der Waals surface area contributed by atoms with Gasteiger partial charge in [0, 0.05) is 41.8 Å². The Kier molecular flexibility index (Phi) is 4.04. The van der Waals surface area contributed by atoms with Crippen LogP contribution in [0.1, 0.15) is 46.1 Å². The van der Waals surface area contributed by atoms with E-state index in [4.69, 9.17) is 0 Å². The topological polar surface area (TPSA) is 49.0 Å². The van der Waals surface area contributed by atoms with Gasteiger partial charge in [-0.05, 0) is 56.5 Å². The van der Waals surface area contributed by atoms with Crippen LogP contribution < -0.4 is 0 Å². The third-order valence-electron chi connectivity index (χ3n) is 5.33. The quantitative estimate of drug-likeness (QED) is 0.764. The van der Waals surface area contributed by atoms with Crippen molar-refractivity contribution in [3.8, 4) is 0 Å². The number of fused-ring (bicyclic) bond motifs is 1. The maximum absolute atomic E-state index is 12.5. The lowest BCUT2D eigenvalue weighted by molar-refractivity contribution is 0.0706. The summed E-state index contributed by atoms with van der Waals surface area (Å²) >= 11 is 0. The molecule has 4 nitrogen and oxygen atoms in total.